The molecule has 0 aliphatic rings. The summed E-state index contributed by atoms with van der Waals surface area (Å²) < 4.78 is 5.19. The summed E-state index contributed by atoms with van der Waals surface area (Å²) in [6, 6.07) is 20.5. The van der Waals surface area contributed by atoms with E-state index in [0.717, 1.165) is 13.1 Å². The minimum absolute atomic E-state index is 0.372. The number of hydrogen-bond acceptors (Lipinski definition) is 3. The molecule has 0 spiro atoms. The zero-order valence-corrected chi connectivity index (χ0v) is 13.2. The number of ether oxygens (including phenoxy) is 1. The van der Waals surface area contributed by atoms with Gasteiger partial charge in [-0.1, -0.05) is 60.7 Å². The van der Waals surface area contributed by atoms with Crippen LogP contribution in [0.4, 0.5) is 0 Å². The normalized spacial score (nSPS) is 12.5. The number of hydrogen-bond donors (Lipinski definition) is 1. The Morgan fingerprint density at radius 2 is 1.55 bits per heavy atom. The molecule has 0 bridgehead atoms. The van der Waals surface area contributed by atoms with Gasteiger partial charge in [0.15, 0.2) is 0 Å². The molecule has 118 valence electrons. The minimum atomic E-state index is -0.372. The van der Waals surface area contributed by atoms with E-state index in [2.05, 4.69) is 29.2 Å². The van der Waals surface area contributed by atoms with E-state index in [0.29, 0.717) is 19.6 Å². The number of nitrogens with zero attached hydrogens (tertiary/aromatic N) is 1. The predicted octanol–water partition coefficient (Wildman–Crippen LogP) is 2.74. The minimum Gasteiger partial charge on any atom is -0.391 e. The number of benzene rings is 2. The van der Waals surface area contributed by atoms with Crippen LogP contribution in [0.5, 0.6) is 0 Å². The van der Waals surface area contributed by atoms with Crippen molar-refractivity contribution in [2.75, 3.05) is 26.8 Å². The molecule has 3 heteroatoms. The lowest BCUT2D eigenvalue weighted by molar-refractivity contribution is 0.0851. The molecule has 1 unspecified atom stereocenters. The fraction of sp³-hybridized carbons (Fsp3) is 0.368. The van der Waals surface area contributed by atoms with Gasteiger partial charge in [-0.25, -0.2) is 0 Å². The molecule has 2 rings (SSSR count). The lowest BCUT2D eigenvalue weighted by atomic mass is 10.1. The Morgan fingerprint density at radius 3 is 2.14 bits per heavy atom. The van der Waals surface area contributed by atoms with Crippen LogP contribution in [0.15, 0.2) is 60.7 Å². The Hall–Kier alpha value is -1.68. The average molecular weight is 299 g/mol. The second kappa shape index (κ2) is 9.36. The van der Waals surface area contributed by atoms with Gasteiger partial charge in [0, 0.05) is 26.7 Å². The van der Waals surface area contributed by atoms with Gasteiger partial charge in [0.05, 0.1) is 12.7 Å². The van der Waals surface area contributed by atoms with Crippen molar-refractivity contribution in [3.8, 4) is 0 Å². The second-order valence-corrected chi connectivity index (χ2v) is 5.56. The highest BCUT2D eigenvalue weighted by atomic mass is 16.5. The van der Waals surface area contributed by atoms with E-state index in [1.54, 1.807) is 7.11 Å². The van der Waals surface area contributed by atoms with E-state index in [4.69, 9.17) is 4.74 Å². The molecule has 0 amide bonds. The highest BCUT2D eigenvalue weighted by Gasteiger charge is 2.13. The Morgan fingerprint density at radius 1 is 0.955 bits per heavy atom. The van der Waals surface area contributed by atoms with Gasteiger partial charge in [0.2, 0.25) is 0 Å². The summed E-state index contributed by atoms with van der Waals surface area (Å²) >= 11 is 0. The molecule has 0 radical (unpaired) electrons. The molecule has 0 heterocycles. The third-order valence-corrected chi connectivity index (χ3v) is 3.64. The summed E-state index contributed by atoms with van der Waals surface area (Å²) in [5, 5.41) is 10.4. The zero-order valence-electron chi connectivity index (χ0n) is 13.2. The Balaban J connectivity index is 1.90. The molecule has 1 N–H and O–H groups in total. The number of aliphatic hydroxyl groups is 1. The third-order valence-electron chi connectivity index (χ3n) is 3.64. The second-order valence-electron chi connectivity index (χ2n) is 5.56. The topological polar surface area (TPSA) is 32.7 Å². The maximum atomic E-state index is 10.4. The largest absolute Gasteiger partial charge is 0.391 e. The molecule has 0 aromatic heterocycles. The first-order chi connectivity index (χ1) is 10.8. The molecule has 2 aromatic carbocycles. The van der Waals surface area contributed by atoms with Gasteiger partial charge in [-0.15, -0.1) is 0 Å². The van der Waals surface area contributed by atoms with E-state index in [-0.39, 0.29) is 6.10 Å². The number of methoxy groups -OCH3 is 1. The van der Waals surface area contributed by atoms with E-state index < -0.39 is 0 Å². The number of rotatable bonds is 9. The molecule has 0 aliphatic carbocycles. The van der Waals surface area contributed by atoms with Crippen LogP contribution in [0.1, 0.15) is 11.1 Å². The van der Waals surface area contributed by atoms with Crippen LogP contribution in [0.2, 0.25) is 0 Å². The Labute approximate surface area is 133 Å². The SMILES string of the molecule is COCCN(Cc1ccccc1)CC(O)Cc1ccccc1. The summed E-state index contributed by atoms with van der Waals surface area (Å²) in [6.07, 6.45) is 0.307. The number of aliphatic hydroxyl groups excluding tert-OH is 1. The molecule has 1 atom stereocenters. The first kappa shape index (κ1) is 16.7. The summed E-state index contributed by atoms with van der Waals surface area (Å²) in [5.41, 5.74) is 2.42. The van der Waals surface area contributed by atoms with Crippen LogP contribution in [-0.4, -0.2) is 42.9 Å². The van der Waals surface area contributed by atoms with Crippen LogP contribution in [0.3, 0.4) is 0 Å². The maximum Gasteiger partial charge on any atom is 0.0707 e. The van der Waals surface area contributed by atoms with Crippen LogP contribution in [0, 0.1) is 0 Å². The Bertz CT molecular complexity index is 515. The summed E-state index contributed by atoms with van der Waals surface area (Å²) in [5.74, 6) is 0. The van der Waals surface area contributed by atoms with Gasteiger partial charge in [-0.3, -0.25) is 4.90 Å². The van der Waals surface area contributed by atoms with Gasteiger partial charge in [-0.2, -0.15) is 0 Å². The van der Waals surface area contributed by atoms with Crippen molar-refractivity contribution in [1.29, 1.82) is 0 Å². The summed E-state index contributed by atoms with van der Waals surface area (Å²) in [7, 11) is 1.71. The van der Waals surface area contributed by atoms with Crippen LogP contribution >= 0.6 is 0 Å². The predicted molar refractivity (Wildman–Crippen MR) is 89.7 cm³/mol. The van der Waals surface area contributed by atoms with Crippen LogP contribution < -0.4 is 0 Å². The van der Waals surface area contributed by atoms with Crippen molar-refractivity contribution in [3.05, 3.63) is 71.8 Å². The fourth-order valence-corrected chi connectivity index (χ4v) is 2.55. The molecular formula is C19H25NO2. The summed E-state index contributed by atoms with van der Waals surface area (Å²) in [4.78, 5) is 2.24. The fourth-order valence-electron chi connectivity index (χ4n) is 2.55. The molecule has 3 nitrogen and oxygen atoms in total. The highest BCUT2D eigenvalue weighted by molar-refractivity contribution is 5.16. The molecule has 22 heavy (non-hydrogen) atoms. The van der Waals surface area contributed by atoms with Crippen molar-refractivity contribution in [1.82, 2.24) is 4.90 Å². The molecule has 0 saturated heterocycles. The van der Waals surface area contributed by atoms with Gasteiger partial charge < -0.3 is 9.84 Å². The third kappa shape index (κ3) is 5.98. The van der Waals surface area contributed by atoms with Crippen LogP contribution in [0.25, 0.3) is 0 Å². The lowest BCUT2D eigenvalue weighted by Gasteiger charge is -2.25. The first-order valence-electron chi connectivity index (χ1n) is 7.75. The van der Waals surface area contributed by atoms with Gasteiger partial charge in [0.1, 0.15) is 0 Å². The van der Waals surface area contributed by atoms with Crippen molar-refractivity contribution in [3.63, 3.8) is 0 Å². The monoisotopic (exact) mass is 299 g/mol. The van der Waals surface area contributed by atoms with Gasteiger partial charge in [-0.05, 0) is 17.5 Å². The molecule has 0 saturated carbocycles. The lowest BCUT2D eigenvalue weighted by Crippen LogP contribution is -2.35. The van der Waals surface area contributed by atoms with Crippen LogP contribution in [-0.2, 0) is 17.7 Å². The first-order valence-corrected chi connectivity index (χ1v) is 7.75. The van der Waals surface area contributed by atoms with E-state index >= 15 is 0 Å². The zero-order chi connectivity index (χ0) is 15.6. The van der Waals surface area contributed by atoms with Crippen molar-refractivity contribution in [2.24, 2.45) is 0 Å². The average Bonchev–Trinajstić information content (AvgIpc) is 2.54. The van der Waals surface area contributed by atoms with Gasteiger partial charge >= 0.3 is 0 Å². The Kier molecular flexibility index (Phi) is 7.10. The van der Waals surface area contributed by atoms with E-state index in [9.17, 15) is 5.11 Å². The van der Waals surface area contributed by atoms with E-state index in [1.165, 1.54) is 11.1 Å². The standard InChI is InChI=1S/C19H25NO2/c1-22-13-12-20(15-18-10-6-3-7-11-18)16-19(21)14-17-8-4-2-5-9-17/h2-11,19,21H,12-16H2,1H3. The van der Waals surface area contributed by atoms with Gasteiger partial charge in [0.25, 0.3) is 0 Å². The summed E-state index contributed by atoms with van der Waals surface area (Å²) in [6.45, 7) is 2.96. The highest BCUT2D eigenvalue weighted by Crippen LogP contribution is 2.08. The van der Waals surface area contributed by atoms with Crippen molar-refractivity contribution < 1.29 is 9.84 Å². The molecular weight excluding hydrogens is 274 g/mol. The molecule has 2 aromatic rings. The van der Waals surface area contributed by atoms with Crippen molar-refractivity contribution >= 4 is 0 Å². The van der Waals surface area contributed by atoms with Crippen molar-refractivity contribution in [2.45, 2.75) is 19.1 Å². The smallest absolute Gasteiger partial charge is 0.0707 e. The quantitative estimate of drug-likeness (QED) is 0.773. The molecule has 0 fully saturated rings. The maximum absolute atomic E-state index is 10.4. The molecule has 0 aliphatic heterocycles. The van der Waals surface area contributed by atoms with E-state index in [1.807, 2.05) is 36.4 Å².